The number of furan rings is 1. The van der Waals surface area contributed by atoms with Crippen molar-refractivity contribution in [3.63, 3.8) is 0 Å². The second-order valence-corrected chi connectivity index (χ2v) is 9.85. The largest absolute Gasteiger partial charge is 0.468 e. The molecule has 1 aromatic carbocycles. The van der Waals surface area contributed by atoms with Crippen LogP contribution >= 0.6 is 11.3 Å². The predicted octanol–water partition coefficient (Wildman–Crippen LogP) is 3.23. The summed E-state index contributed by atoms with van der Waals surface area (Å²) in [4.78, 5) is 15.9. The van der Waals surface area contributed by atoms with Gasteiger partial charge in [0.05, 0.1) is 24.2 Å². The Balaban J connectivity index is 1.64. The van der Waals surface area contributed by atoms with E-state index in [9.17, 15) is 13.2 Å². The van der Waals surface area contributed by atoms with E-state index >= 15 is 0 Å². The molecule has 29 heavy (non-hydrogen) atoms. The third-order valence-electron chi connectivity index (χ3n) is 4.20. The van der Waals surface area contributed by atoms with E-state index in [1.165, 1.54) is 26.2 Å². The third-order valence-corrected chi connectivity index (χ3v) is 6.89. The summed E-state index contributed by atoms with van der Waals surface area (Å²) in [5.74, 6) is 0.601. The van der Waals surface area contributed by atoms with Crippen LogP contribution in [0.4, 0.5) is 5.69 Å². The van der Waals surface area contributed by atoms with E-state index in [2.05, 4.69) is 5.32 Å². The van der Waals surface area contributed by atoms with Gasteiger partial charge in [-0.25, -0.2) is 12.7 Å². The fraction of sp³-hybridized carbons (Fsp3) is 0.250. The highest BCUT2D eigenvalue weighted by atomic mass is 32.2. The molecule has 0 bridgehead atoms. The summed E-state index contributed by atoms with van der Waals surface area (Å²) >= 11 is 1.64. The number of thiophene rings is 1. The zero-order valence-corrected chi connectivity index (χ0v) is 17.9. The second-order valence-electron chi connectivity index (χ2n) is 6.66. The molecular formula is C20H23N3O4S2. The molecule has 0 aliphatic rings. The average molecular weight is 434 g/mol. The van der Waals surface area contributed by atoms with Gasteiger partial charge in [0.2, 0.25) is 15.9 Å². The van der Waals surface area contributed by atoms with Gasteiger partial charge >= 0.3 is 0 Å². The first-order valence-electron chi connectivity index (χ1n) is 8.94. The Bertz CT molecular complexity index is 976. The Labute approximate surface area is 174 Å². The van der Waals surface area contributed by atoms with Crippen LogP contribution in [0.3, 0.4) is 0 Å². The molecule has 0 aliphatic heterocycles. The lowest BCUT2D eigenvalue weighted by Crippen LogP contribution is -2.32. The number of carbonyl (C=O) groups is 1. The van der Waals surface area contributed by atoms with Crippen LogP contribution in [0.25, 0.3) is 0 Å². The van der Waals surface area contributed by atoms with E-state index < -0.39 is 10.0 Å². The number of sulfonamides is 1. The summed E-state index contributed by atoms with van der Waals surface area (Å²) in [5.41, 5.74) is 0.543. The van der Waals surface area contributed by atoms with Gasteiger partial charge in [-0.05, 0) is 47.8 Å². The molecule has 0 atom stereocenters. The summed E-state index contributed by atoms with van der Waals surface area (Å²) in [6, 6.07) is 13.9. The number of hydrogen-bond donors (Lipinski definition) is 1. The quantitative estimate of drug-likeness (QED) is 0.560. The zero-order valence-electron chi connectivity index (χ0n) is 16.2. The van der Waals surface area contributed by atoms with Crippen molar-refractivity contribution in [2.45, 2.75) is 18.0 Å². The lowest BCUT2D eigenvalue weighted by atomic mass is 10.3. The van der Waals surface area contributed by atoms with Crippen LogP contribution in [0.15, 0.2) is 69.5 Å². The maximum Gasteiger partial charge on any atom is 0.242 e. The standard InChI is InChI=1S/C20H23N3O4S2/c1-22(2)29(25,26)19-9-7-16(8-10-19)21-20(24)15-23(13-17-5-3-11-27-17)14-18-6-4-12-28-18/h3-12H,13-15H2,1-2H3,(H,21,24). The van der Waals surface area contributed by atoms with Crippen molar-refractivity contribution < 1.29 is 17.6 Å². The highest BCUT2D eigenvalue weighted by Gasteiger charge is 2.18. The Morgan fingerprint density at radius 2 is 1.83 bits per heavy atom. The smallest absolute Gasteiger partial charge is 0.242 e. The molecule has 0 spiro atoms. The van der Waals surface area contributed by atoms with Gasteiger partial charge in [0.1, 0.15) is 5.76 Å². The Kier molecular flexibility index (Phi) is 6.86. The van der Waals surface area contributed by atoms with Crippen molar-refractivity contribution in [3.05, 3.63) is 70.8 Å². The highest BCUT2D eigenvalue weighted by molar-refractivity contribution is 7.89. The molecule has 2 heterocycles. The summed E-state index contributed by atoms with van der Waals surface area (Å²) in [5, 5.41) is 4.83. The van der Waals surface area contributed by atoms with Crippen LogP contribution in [0.1, 0.15) is 10.6 Å². The number of rotatable bonds is 9. The van der Waals surface area contributed by atoms with E-state index in [0.717, 1.165) is 14.9 Å². The van der Waals surface area contributed by atoms with Crippen molar-refractivity contribution in [2.24, 2.45) is 0 Å². The van der Waals surface area contributed by atoms with Gasteiger partial charge in [0, 0.05) is 31.2 Å². The van der Waals surface area contributed by atoms with Gasteiger partial charge in [0.25, 0.3) is 0 Å². The van der Waals surface area contributed by atoms with Crippen LogP contribution in [-0.4, -0.2) is 44.2 Å². The first-order chi connectivity index (χ1) is 13.8. The van der Waals surface area contributed by atoms with Crippen LogP contribution in [-0.2, 0) is 27.9 Å². The predicted molar refractivity (Wildman–Crippen MR) is 113 cm³/mol. The molecule has 1 N–H and O–H groups in total. The van der Waals surface area contributed by atoms with Crippen LogP contribution in [0, 0.1) is 0 Å². The van der Waals surface area contributed by atoms with E-state index in [1.54, 1.807) is 29.7 Å². The molecule has 0 fully saturated rings. The van der Waals surface area contributed by atoms with Gasteiger partial charge in [-0.2, -0.15) is 0 Å². The Hall–Kier alpha value is -2.46. The molecule has 2 aromatic heterocycles. The number of benzene rings is 1. The molecule has 3 aromatic rings. The Morgan fingerprint density at radius 3 is 2.41 bits per heavy atom. The van der Waals surface area contributed by atoms with Gasteiger partial charge in [-0.3, -0.25) is 9.69 Å². The number of anilines is 1. The van der Waals surface area contributed by atoms with Gasteiger partial charge in [-0.15, -0.1) is 11.3 Å². The summed E-state index contributed by atoms with van der Waals surface area (Å²) in [7, 11) is -0.539. The minimum Gasteiger partial charge on any atom is -0.468 e. The first-order valence-corrected chi connectivity index (χ1v) is 11.3. The topological polar surface area (TPSA) is 82.9 Å². The monoisotopic (exact) mass is 433 g/mol. The molecule has 7 nitrogen and oxygen atoms in total. The molecule has 0 radical (unpaired) electrons. The number of hydrogen-bond acceptors (Lipinski definition) is 6. The van der Waals surface area contributed by atoms with Crippen molar-refractivity contribution in [1.29, 1.82) is 0 Å². The fourth-order valence-corrected chi connectivity index (χ4v) is 4.39. The maximum absolute atomic E-state index is 12.6. The minimum absolute atomic E-state index is 0.177. The second kappa shape index (κ2) is 9.36. The molecule has 1 amide bonds. The van der Waals surface area contributed by atoms with E-state index in [4.69, 9.17) is 4.42 Å². The Morgan fingerprint density at radius 1 is 1.07 bits per heavy atom. The number of nitrogens with zero attached hydrogens (tertiary/aromatic N) is 2. The van der Waals surface area contributed by atoms with Crippen LogP contribution < -0.4 is 5.32 Å². The van der Waals surface area contributed by atoms with Gasteiger partial charge in [0.15, 0.2) is 0 Å². The molecule has 3 rings (SSSR count). The maximum atomic E-state index is 12.6. The molecule has 0 saturated carbocycles. The molecule has 0 unspecified atom stereocenters. The number of nitrogens with one attached hydrogen (secondary N) is 1. The van der Waals surface area contributed by atoms with E-state index in [0.29, 0.717) is 18.8 Å². The number of amides is 1. The van der Waals surface area contributed by atoms with E-state index in [-0.39, 0.29) is 17.3 Å². The van der Waals surface area contributed by atoms with Crippen molar-refractivity contribution in [3.8, 4) is 0 Å². The van der Waals surface area contributed by atoms with Crippen molar-refractivity contribution in [1.82, 2.24) is 9.21 Å². The van der Waals surface area contributed by atoms with Crippen LogP contribution in [0.5, 0.6) is 0 Å². The summed E-state index contributed by atoms with van der Waals surface area (Å²) < 4.78 is 30.8. The minimum atomic E-state index is -3.50. The van der Waals surface area contributed by atoms with Crippen LogP contribution in [0.2, 0.25) is 0 Å². The average Bonchev–Trinajstić information content (AvgIpc) is 3.36. The molecule has 9 heteroatoms. The van der Waals surface area contributed by atoms with Gasteiger partial charge < -0.3 is 9.73 Å². The SMILES string of the molecule is CN(C)S(=O)(=O)c1ccc(NC(=O)CN(Cc2ccco2)Cc2cccs2)cc1. The lowest BCUT2D eigenvalue weighted by Gasteiger charge is -2.20. The molecule has 0 aliphatic carbocycles. The lowest BCUT2D eigenvalue weighted by molar-refractivity contribution is -0.117. The molecule has 154 valence electrons. The summed E-state index contributed by atoms with van der Waals surface area (Å²) in [6.45, 7) is 1.32. The van der Waals surface area contributed by atoms with Crippen molar-refractivity contribution >= 4 is 33.0 Å². The van der Waals surface area contributed by atoms with E-state index in [1.807, 2.05) is 34.5 Å². The third kappa shape index (κ3) is 5.77. The van der Waals surface area contributed by atoms with Crippen molar-refractivity contribution in [2.75, 3.05) is 26.0 Å². The number of carbonyl (C=O) groups excluding carboxylic acids is 1. The molecular weight excluding hydrogens is 410 g/mol. The highest BCUT2D eigenvalue weighted by Crippen LogP contribution is 2.18. The summed E-state index contributed by atoms with van der Waals surface area (Å²) in [6.07, 6.45) is 1.61. The zero-order chi connectivity index (χ0) is 20.9. The normalized spacial score (nSPS) is 11.9. The fourth-order valence-electron chi connectivity index (χ4n) is 2.74. The first kappa shape index (κ1) is 21.3. The molecule has 0 saturated heterocycles. The van der Waals surface area contributed by atoms with Gasteiger partial charge in [-0.1, -0.05) is 6.07 Å².